The second kappa shape index (κ2) is 8.27. The molecule has 5 nitrogen and oxygen atoms in total. The zero-order valence-corrected chi connectivity index (χ0v) is 15.4. The molecule has 0 saturated heterocycles. The van der Waals surface area contributed by atoms with Crippen LogP contribution in [-0.2, 0) is 14.6 Å². The van der Waals surface area contributed by atoms with Gasteiger partial charge in [-0.2, -0.15) is 0 Å². The fourth-order valence-electron chi connectivity index (χ4n) is 3.16. The molecule has 8 heteroatoms. The van der Waals surface area contributed by atoms with Gasteiger partial charge < -0.3 is 11.1 Å². The molecule has 0 radical (unpaired) electrons. The third-order valence-electron chi connectivity index (χ3n) is 4.51. The van der Waals surface area contributed by atoms with Crippen molar-refractivity contribution in [1.29, 1.82) is 0 Å². The molecule has 136 valence electrons. The van der Waals surface area contributed by atoms with Gasteiger partial charge in [-0.3, -0.25) is 4.79 Å². The summed E-state index contributed by atoms with van der Waals surface area (Å²) in [6, 6.07) is 3.53. The highest BCUT2D eigenvalue weighted by atomic mass is 35.5. The number of rotatable bonds is 5. The van der Waals surface area contributed by atoms with Crippen molar-refractivity contribution < 1.29 is 17.6 Å². The van der Waals surface area contributed by atoms with Gasteiger partial charge in [0.2, 0.25) is 5.91 Å². The van der Waals surface area contributed by atoms with Crippen LogP contribution in [0.3, 0.4) is 0 Å². The Labute approximate surface area is 148 Å². The lowest BCUT2D eigenvalue weighted by Gasteiger charge is -2.21. The maximum atomic E-state index is 14.0. The Kier molecular flexibility index (Phi) is 7.19. The molecule has 1 amide bonds. The molecule has 1 fully saturated rings. The number of amides is 1. The summed E-state index contributed by atoms with van der Waals surface area (Å²) in [5.41, 5.74) is 6.23. The average Bonchev–Trinajstić information content (AvgIpc) is 2.94. The van der Waals surface area contributed by atoms with E-state index in [1.54, 1.807) is 6.92 Å². The standard InChI is InChI=1S/C16H23FN2O3S.ClH/c1-10(19-16(20)13-5-3-4-12(13)9-18)11-6-7-15(14(17)8-11)23(2,21)22;/h6-8,10,12-13H,3-5,9,18H2,1-2H3,(H,19,20);1H/t10?,12-,13-;/m1./s1. The van der Waals surface area contributed by atoms with Gasteiger partial charge in [0.15, 0.2) is 9.84 Å². The molecule has 1 aromatic rings. The quantitative estimate of drug-likeness (QED) is 0.821. The van der Waals surface area contributed by atoms with Crippen LogP contribution in [0.5, 0.6) is 0 Å². The van der Waals surface area contributed by atoms with Crippen molar-refractivity contribution in [3.63, 3.8) is 0 Å². The fourth-order valence-corrected chi connectivity index (χ4v) is 3.88. The topological polar surface area (TPSA) is 89.3 Å². The van der Waals surface area contributed by atoms with Crippen molar-refractivity contribution in [2.75, 3.05) is 12.8 Å². The molecule has 0 aromatic heterocycles. The molecule has 1 aliphatic carbocycles. The summed E-state index contributed by atoms with van der Waals surface area (Å²) in [5, 5.41) is 2.88. The Bertz CT molecular complexity index is 697. The van der Waals surface area contributed by atoms with Gasteiger partial charge in [-0.15, -0.1) is 12.4 Å². The Balaban J connectivity index is 0.00000288. The van der Waals surface area contributed by atoms with Crippen LogP contribution < -0.4 is 11.1 Å². The number of halogens is 2. The largest absolute Gasteiger partial charge is 0.349 e. The lowest BCUT2D eigenvalue weighted by atomic mass is 9.94. The zero-order chi connectivity index (χ0) is 17.2. The first-order chi connectivity index (χ1) is 10.7. The third kappa shape index (κ3) is 4.68. The second-order valence-electron chi connectivity index (χ2n) is 6.23. The average molecular weight is 379 g/mol. The fraction of sp³-hybridized carbons (Fsp3) is 0.562. The number of hydrogen-bond acceptors (Lipinski definition) is 4. The molecule has 1 unspecified atom stereocenters. The van der Waals surface area contributed by atoms with Gasteiger partial charge in [-0.25, -0.2) is 12.8 Å². The van der Waals surface area contributed by atoms with Crippen molar-refractivity contribution in [3.8, 4) is 0 Å². The van der Waals surface area contributed by atoms with E-state index in [1.807, 2.05) is 0 Å². The minimum absolute atomic E-state index is 0. The SMILES string of the molecule is CC(NC(=O)[C@@H]1CCC[C@@H]1CN)c1ccc(S(C)(=O)=O)c(F)c1.Cl. The summed E-state index contributed by atoms with van der Waals surface area (Å²) in [5.74, 6) is -0.765. The van der Waals surface area contributed by atoms with E-state index in [0.717, 1.165) is 31.6 Å². The predicted molar refractivity (Wildman–Crippen MR) is 93.2 cm³/mol. The monoisotopic (exact) mass is 378 g/mol. The highest BCUT2D eigenvalue weighted by molar-refractivity contribution is 7.90. The Morgan fingerprint density at radius 1 is 1.42 bits per heavy atom. The maximum Gasteiger partial charge on any atom is 0.223 e. The van der Waals surface area contributed by atoms with Crippen molar-refractivity contribution in [1.82, 2.24) is 5.32 Å². The molecule has 0 spiro atoms. The van der Waals surface area contributed by atoms with E-state index in [9.17, 15) is 17.6 Å². The molecule has 1 saturated carbocycles. The zero-order valence-electron chi connectivity index (χ0n) is 13.8. The summed E-state index contributed by atoms with van der Waals surface area (Å²) in [6.07, 6.45) is 3.73. The molecule has 0 heterocycles. The smallest absolute Gasteiger partial charge is 0.223 e. The normalized spacial score (nSPS) is 21.8. The van der Waals surface area contributed by atoms with E-state index >= 15 is 0 Å². The van der Waals surface area contributed by atoms with E-state index in [2.05, 4.69) is 5.32 Å². The van der Waals surface area contributed by atoms with E-state index in [0.29, 0.717) is 12.1 Å². The van der Waals surface area contributed by atoms with Gasteiger partial charge in [0, 0.05) is 12.2 Å². The number of nitrogens with one attached hydrogen (secondary N) is 1. The highest BCUT2D eigenvalue weighted by Gasteiger charge is 2.32. The molecule has 1 aromatic carbocycles. The van der Waals surface area contributed by atoms with Gasteiger partial charge in [0.1, 0.15) is 10.7 Å². The van der Waals surface area contributed by atoms with Crippen molar-refractivity contribution in [3.05, 3.63) is 29.6 Å². The van der Waals surface area contributed by atoms with Crippen LogP contribution in [0.25, 0.3) is 0 Å². The number of carbonyl (C=O) groups is 1. The van der Waals surface area contributed by atoms with Crippen molar-refractivity contribution in [2.45, 2.75) is 37.1 Å². The summed E-state index contributed by atoms with van der Waals surface area (Å²) >= 11 is 0. The second-order valence-corrected chi connectivity index (χ2v) is 8.21. The Morgan fingerprint density at radius 2 is 2.08 bits per heavy atom. The van der Waals surface area contributed by atoms with Gasteiger partial charge in [0.05, 0.1) is 6.04 Å². The van der Waals surface area contributed by atoms with Crippen LogP contribution in [0.4, 0.5) is 4.39 Å². The van der Waals surface area contributed by atoms with Crippen LogP contribution in [0, 0.1) is 17.7 Å². The van der Waals surface area contributed by atoms with Gasteiger partial charge in [0.25, 0.3) is 0 Å². The van der Waals surface area contributed by atoms with Crippen LogP contribution in [-0.4, -0.2) is 27.1 Å². The van der Waals surface area contributed by atoms with Gasteiger partial charge in [-0.05, 0) is 49.9 Å². The lowest BCUT2D eigenvalue weighted by molar-refractivity contribution is -0.126. The van der Waals surface area contributed by atoms with E-state index in [4.69, 9.17) is 5.73 Å². The first-order valence-electron chi connectivity index (χ1n) is 7.74. The number of hydrogen-bond donors (Lipinski definition) is 2. The summed E-state index contributed by atoms with van der Waals surface area (Å²) in [7, 11) is -3.60. The summed E-state index contributed by atoms with van der Waals surface area (Å²) in [4.78, 5) is 12.0. The molecule has 24 heavy (non-hydrogen) atoms. The van der Waals surface area contributed by atoms with E-state index in [1.165, 1.54) is 12.1 Å². The van der Waals surface area contributed by atoms with Crippen molar-refractivity contribution in [2.24, 2.45) is 17.6 Å². The Morgan fingerprint density at radius 3 is 2.62 bits per heavy atom. The molecular weight excluding hydrogens is 355 g/mol. The van der Waals surface area contributed by atoms with Crippen LogP contribution >= 0.6 is 12.4 Å². The minimum atomic E-state index is -3.60. The highest BCUT2D eigenvalue weighted by Crippen LogP contribution is 2.31. The lowest BCUT2D eigenvalue weighted by Crippen LogP contribution is -2.36. The minimum Gasteiger partial charge on any atom is -0.349 e. The van der Waals surface area contributed by atoms with Crippen LogP contribution in [0.2, 0.25) is 0 Å². The maximum absolute atomic E-state index is 14.0. The predicted octanol–water partition coefficient (Wildman–Crippen LogP) is 2.20. The molecule has 3 atom stereocenters. The first-order valence-corrected chi connectivity index (χ1v) is 9.63. The van der Waals surface area contributed by atoms with Crippen LogP contribution in [0.15, 0.2) is 23.1 Å². The van der Waals surface area contributed by atoms with Crippen LogP contribution in [0.1, 0.15) is 37.8 Å². The molecule has 3 N–H and O–H groups in total. The van der Waals surface area contributed by atoms with E-state index in [-0.39, 0.29) is 35.0 Å². The van der Waals surface area contributed by atoms with E-state index < -0.39 is 21.7 Å². The number of benzene rings is 1. The molecule has 2 rings (SSSR count). The van der Waals surface area contributed by atoms with Gasteiger partial charge >= 0.3 is 0 Å². The molecular formula is C16H24ClFN2O3S. The Hall–Kier alpha value is -1.18. The third-order valence-corrected chi connectivity index (χ3v) is 5.64. The number of nitrogens with two attached hydrogens (primary N) is 1. The first kappa shape index (κ1) is 20.9. The van der Waals surface area contributed by atoms with Gasteiger partial charge in [-0.1, -0.05) is 12.5 Å². The summed E-state index contributed by atoms with van der Waals surface area (Å²) < 4.78 is 36.8. The van der Waals surface area contributed by atoms with Crippen molar-refractivity contribution >= 4 is 28.2 Å². The number of carbonyl (C=O) groups excluding carboxylic acids is 1. The number of sulfone groups is 1. The molecule has 1 aliphatic rings. The molecule has 0 aliphatic heterocycles. The molecule has 0 bridgehead atoms. The summed E-state index contributed by atoms with van der Waals surface area (Å²) in [6.45, 7) is 2.24.